The molecule has 2 amide bonds. The van der Waals surface area contributed by atoms with Crippen LogP contribution in [0.2, 0.25) is 0 Å². The maximum absolute atomic E-state index is 13.0. The van der Waals surface area contributed by atoms with Crippen molar-refractivity contribution < 1.29 is 23.8 Å². The number of fused-ring (bicyclic) bond motifs is 1. The van der Waals surface area contributed by atoms with Crippen LogP contribution in [0.1, 0.15) is 20.7 Å². The number of rotatable bonds is 8. The molecule has 39 heavy (non-hydrogen) atoms. The topological polar surface area (TPSA) is 115 Å². The van der Waals surface area contributed by atoms with Gasteiger partial charge in [0.25, 0.3) is 11.8 Å². The molecule has 5 rings (SSSR count). The van der Waals surface area contributed by atoms with Crippen LogP contribution < -0.4 is 24.8 Å². The number of nitrogens with one attached hydrogen (secondary N) is 3. The van der Waals surface area contributed by atoms with Crippen LogP contribution in [0.15, 0.2) is 84.9 Å². The van der Waals surface area contributed by atoms with E-state index in [0.29, 0.717) is 45.6 Å². The van der Waals surface area contributed by atoms with Crippen LogP contribution in [0.25, 0.3) is 22.4 Å². The summed E-state index contributed by atoms with van der Waals surface area (Å²) < 4.78 is 16.0. The second kappa shape index (κ2) is 11.0. The van der Waals surface area contributed by atoms with E-state index >= 15 is 0 Å². The normalized spacial score (nSPS) is 10.6. The van der Waals surface area contributed by atoms with E-state index in [0.717, 1.165) is 16.6 Å². The van der Waals surface area contributed by atoms with Gasteiger partial charge < -0.3 is 29.8 Å². The fourth-order valence-corrected chi connectivity index (χ4v) is 4.14. The van der Waals surface area contributed by atoms with Gasteiger partial charge in [-0.05, 0) is 66.7 Å². The van der Waals surface area contributed by atoms with Gasteiger partial charge in [-0.1, -0.05) is 18.2 Å². The Morgan fingerprint density at radius 1 is 0.692 bits per heavy atom. The van der Waals surface area contributed by atoms with Crippen LogP contribution in [0, 0.1) is 0 Å². The van der Waals surface area contributed by atoms with E-state index in [1.807, 2.05) is 54.6 Å². The Kier molecular flexibility index (Phi) is 7.13. The van der Waals surface area contributed by atoms with Crippen molar-refractivity contribution in [2.45, 2.75) is 0 Å². The van der Waals surface area contributed by atoms with Gasteiger partial charge in [0, 0.05) is 28.1 Å². The van der Waals surface area contributed by atoms with Crippen molar-refractivity contribution >= 4 is 34.2 Å². The third-order valence-corrected chi connectivity index (χ3v) is 6.12. The highest BCUT2D eigenvalue weighted by atomic mass is 16.5. The molecule has 0 fully saturated rings. The first-order valence-electron chi connectivity index (χ1n) is 12.1. The molecule has 0 atom stereocenters. The van der Waals surface area contributed by atoms with Gasteiger partial charge in [0.15, 0.2) is 11.5 Å². The van der Waals surface area contributed by atoms with Gasteiger partial charge in [0.05, 0.1) is 32.4 Å². The number of methoxy groups -OCH3 is 3. The average Bonchev–Trinajstić information content (AvgIpc) is 3.40. The van der Waals surface area contributed by atoms with Crippen molar-refractivity contribution in [2.24, 2.45) is 0 Å². The summed E-state index contributed by atoms with van der Waals surface area (Å²) in [4.78, 5) is 33.4. The number of carbonyl (C=O) groups excluding carboxylic acids is 2. The van der Waals surface area contributed by atoms with E-state index in [1.165, 1.54) is 21.3 Å². The van der Waals surface area contributed by atoms with E-state index < -0.39 is 0 Å². The lowest BCUT2D eigenvalue weighted by molar-refractivity contribution is 0.101. The number of aromatic amines is 1. The van der Waals surface area contributed by atoms with Gasteiger partial charge in [-0.2, -0.15) is 0 Å². The minimum atomic E-state index is -0.332. The van der Waals surface area contributed by atoms with Crippen molar-refractivity contribution in [3.05, 3.63) is 96.1 Å². The van der Waals surface area contributed by atoms with Crippen molar-refractivity contribution in [1.82, 2.24) is 9.97 Å². The molecular weight excluding hydrogens is 496 g/mol. The van der Waals surface area contributed by atoms with Gasteiger partial charge in [0.1, 0.15) is 5.82 Å². The molecule has 0 spiro atoms. The van der Waals surface area contributed by atoms with Gasteiger partial charge in [-0.25, -0.2) is 4.98 Å². The molecule has 0 aliphatic rings. The number of amides is 2. The number of H-pyrrole nitrogens is 1. The summed E-state index contributed by atoms with van der Waals surface area (Å²) in [5.41, 5.74) is 4.58. The number of nitrogens with zero attached hydrogens (tertiary/aromatic N) is 1. The molecular formula is C30H26N4O5. The van der Waals surface area contributed by atoms with E-state index in [1.54, 1.807) is 30.3 Å². The van der Waals surface area contributed by atoms with Crippen LogP contribution in [0.5, 0.6) is 17.2 Å². The fraction of sp³-hybridized carbons (Fsp3) is 0.100. The zero-order valence-corrected chi connectivity index (χ0v) is 21.6. The Morgan fingerprint density at radius 3 is 1.95 bits per heavy atom. The number of benzene rings is 4. The van der Waals surface area contributed by atoms with Gasteiger partial charge in [-0.3, -0.25) is 9.59 Å². The Morgan fingerprint density at radius 2 is 1.31 bits per heavy atom. The first-order chi connectivity index (χ1) is 19.0. The Bertz CT molecular complexity index is 1620. The van der Waals surface area contributed by atoms with Crippen LogP contribution in [-0.2, 0) is 0 Å². The molecule has 0 aliphatic carbocycles. The lowest BCUT2D eigenvalue weighted by Crippen LogP contribution is -2.12. The summed E-state index contributed by atoms with van der Waals surface area (Å²) in [6.07, 6.45) is 0. The highest BCUT2D eigenvalue weighted by molar-refractivity contribution is 6.06. The van der Waals surface area contributed by atoms with E-state index in [2.05, 4.69) is 20.6 Å². The van der Waals surface area contributed by atoms with Crippen molar-refractivity contribution in [3.8, 4) is 28.6 Å². The average molecular weight is 523 g/mol. The molecule has 4 aromatic carbocycles. The quantitative estimate of drug-likeness (QED) is 0.239. The monoisotopic (exact) mass is 522 g/mol. The molecule has 1 heterocycles. The van der Waals surface area contributed by atoms with E-state index in [9.17, 15) is 9.59 Å². The standard InChI is InChI=1S/C30H26N4O5/c1-37-25-15-20(16-26(38-2)27(25)39-3)30(36)32-22-13-14-23-24(17-22)34-28(33-23)18-9-11-21(12-10-18)31-29(35)19-7-5-4-6-8-19/h4-17H,1-3H3,(H,31,35)(H,32,36)(H,33,34). The number of imidazole rings is 1. The largest absolute Gasteiger partial charge is 0.493 e. The number of hydrogen-bond acceptors (Lipinski definition) is 6. The van der Waals surface area contributed by atoms with Gasteiger partial charge in [0.2, 0.25) is 5.75 Å². The summed E-state index contributed by atoms with van der Waals surface area (Å²) in [6.45, 7) is 0. The van der Waals surface area contributed by atoms with Crippen molar-refractivity contribution in [1.29, 1.82) is 0 Å². The molecule has 3 N–H and O–H groups in total. The number of aromatic nitrogens is 2. The Balaban J connectivity index is 1.32. The highest BCUT2D eigenvalue weighted by Gasteiger charge is 2.17. The zero-order chi connectivity index (χ0) is 27.4. The number of carbonyl (C=O) groups is 2. The summed E-state index contributed by atoms with van der Waals surface area (Å²) >= 11 is 0. The second-order valence-corrected chi connectivity index (χ2v) is 8.58. The molecule has 0 saturated heterocycles. The number of ether oxygens (including phenoxy) is 3. The molecule has 0 saturated carbocycles. The maximum atomic E-state index is 13.0. The molecule has 1 aromatic heterocycles. The van der Waals surface area contributed by atoms with E-state index in [-0.39, 0.29) is 11.8 Å². The third-order valence-electron chi connectivity index (χ3n) is 6.12. The maximum Gasteiger partial charge on any atom is 0.255 e. The Hall–Kier alpha value is -5.31. The van der Waals surface area contributed by atoms with Crippen LogP contribution in [0.3, 0.4) is 0 Å². The lowest BCUT2D eigenvalue weighted by atomic mass is 10.1. The van der Waals surface area contributed by atoms with Crippen LogP contribution in [-0.4, -0.2) is 43.1 Å². The van der Waals surface area contributed by atoms with Gasteiger partial charge >= 0.3 is 0 Å². The first kappa shape index (κ1) is 25.3. The summed E-state index contributed by atoms with van der Waals surface area (Å²) in [7, 11) is 4.50. The summed E-state index contributed by atoms with van der Waals surface area (Å²) in [6, 6.07) is 25.1. The van der Waals surface area contributed by atoms with Crippen LogP contribution >= 0.6 is 0 Å². The van der Waals surface area contributed by atoms with Crippen molar-refractivity contribution in [2.75, 3.05) is 32.0 Å². The molecule has 0 aliphatic heterocycles. The Labute approximate surface area is 224 Å². The van der Waals surface area contributed by atoms with E-state index in [4.69, 9.17) is 14.2 Å². The molecule has 196 valence electrons. The molecule has 0 bridgehead atoms. The molecule has 5 aromatic rings. The predicted octanol–water partition coefficient (Wildman–Crippen LogP) is 5.76. The minimum Gasteiger partial charge on any atom is -0.493 e. The SMILES string of the molecule is COc1cc(C(=O)Nc2ccc3nc(-c4ccc(NC(=O)c5ccccc5)cc4)[nH]c3c2)cc(OC)c1OC. The van der Waals surface area contributed by atoms with Crippen LogP contribution in [0.4, 0.5) is 11.4 Å². The zero-order valence-electron chi connectivity index (χ0n) is 21.6. The molecule has 9 nitrogen and oxygen atoms in total. The van der Waals surface area contributed by atoms with Crippen molar-refractivity contribution in [3.63, 3.8) is 0 Å². The molecule has 0 unspecified atom stereocenters. The van der Waals surface area contributed by atoms with Gasteiger partial charge in [-0.15, -0.1) is 0 Å². The number of anilines is 2. The molecule has 0 radical (unpaired) electrons. The number of hydrogen-bond donors (Lipinski definition) is 3. The first-order valence-corrected chi connectivity index (χ1v) is 12.1. The predicted molar refractivity (Wildman–Crippen MR) is 150 cm³/mol. The lowest BCUT2D eigenvalue weighted by Gasteiger charge is -2.14. The fourth-order valence-electron chi connectivity index (χ4n) is 4.14. The smallest absolute Gasteiger partial charge is 0.255 e. The summed E-state index contributed by atoms with van der Waals surface area (Å²) in [5.74, 6) is 1.35. The second-order valence-electron chi connectivity index (χ2n) is 8.58. The third kappa shape index (κ3) is 5.37. The highest BCUT2D eigenvalue weighted by Crippen LogP contribution is 2.38. The summed E-state index contributed by atoms with van der Waals surface area (Å²) in [5, 5.41) is 5.79. The minimum absolute atomic E-state index is 0.173. The molecule has 9 heteroatoms.